The van der Waals surface area contributed by atoms with Crippen molar-refractivity contribution in [1.29, 1.82) is 0 Å². The number of benzene rings is 1. The molecular formula is C15H21NO2Si. The second kappa shape index (κ2) is 7.00. The molecule has 1 aromatic carbocycles. The van der Waals surface area contributed by atoms with Crippen LogP contribution in [0.2, 0.25) is 19.6 Å². The van der Waals surface area contributed by atoms with Gasteiger partial charge in [-0.05, 0) is 18.1 Å². The minimum Gasteiger partial charge on any atom is -0.453 e. The molecule has 0 spiro atoms. The Labute approximate surface area is 116 Å². The highest BCUT2D eigenvalue weighted by Gasteiger charge is 2.08. The third-order valence-electron chi connectivity index (χ3n) is 2.44. The zero-order valence-corrected chi connectivity index (χ0v) is 13.0. The van der Waals surface area contributed by atoms with Gasteiger partial charge >= 0.3 is 6.09 Å². The second-order valence-corrected chi connectivity index (χ2v) is 10.1. The third kappa shape index (κ3) is 6.12. The van der Waals surface area contributed by atoms with E-state index in [4.69, 9.17) is 0 Å². The number of carbonyl (C=O) groups excluding carboxylic acids is 1. The molecule has 1 aromatic rings. The van der Waals surface area contributed by atoms with Crippen LogP contribution in [0.5, 0.6) is 0 Å². The Kier molecular flexibility index (Phi) is 5.65. The predicted molar refractivity (Wildman–Crippen MR) is 80.8 cm³/mol. The Hall–Kier alpha value is -1.73. The van der Waals surface area contributed by atoms with Gasteiger partial charge < -0.3 is 10.1 Å². The molecule has 0 saturated heterocycles. The van der Waals surface area contributed by atoms with Gasteiger partial charge in [-0.3, -0.25) is 0 Å². The van der Waals surface area contributed by atoms with Crippen LogP contribution in [0, 0.1) is 11.5 Å². The molecular weight excluding hydrogens is 254 g/mol. The first-order chi connectivity index (χ1) is 8.92. The van der Waals surface area contributed by atoms with Crippen LogP contribution in [0.4, 0.5) is 4.79 Å². The summed E-state index contributed by atoms with van der Waals surface area (Å²) in [6.45, 7) is 7.22. The highest BCUT2D eigenvalue weighted by atomic mass is 28.3. The molecule has 0 aromatic heterocycles. The largest absolute Gasteiger partial charge is 0.453 e. The van der Waals surface area contributed by atoms with Gasteiger partial charge in [0.1, 0.15) is 8.07 Å². The SMILES string of the molecule is COC(=O)NCCc1ccccc1C#C[Si](C)(C)C. The molecule has 0 atom stereocenters. The van der Waals surface area contributed by atoms with E-state index in [0.29, 0.717) is 6.54 Å². The van der Waals surface area contributed by atoms with Crippen LogP contribution in [-0.4, -0.2) is 27.8 Å². The van der Waals surface area contributed by atoms with E-state index in [1.807, 2.05) is 24.3 Å². The van der Waals surface area contributed by atoms with Crippen molar-refractivity contribution in [3.63, 3.8) is 0 Å². The maximum absolute atomic E-state index is 11.0. The Morgan fingerprint density at radius 3 is 2.63 bits per heavy atom. The number of methoxy groups -OCH3 is 1. The van der Waals surface area contributed by atoms with Crippen molar-refractivity contribution in [3.05, 3.63) is 35.4 Å². The van der Waals surface area contributed by atoms with Gasteiger partial charge in [0.05, 0.1) is 7.11 Å². The molecule has 4 heteroatoms. The number of alkyl carbamates (subject to hydrolysis) is 1. The van der Waals surface area contributed by atoms with Crippen LogP contribution in [0.15, 0.2) is 24.3 Å². The lowest BCUT2D eigenvalue weighted by Gasteiger charge is -2.07. The average molecular weight is 275 g/mol. The van der Waals surface area contributed by atoms with Crippen LogP contribution in [0.1, 0.15) is 11.1 Å². The minimum absolute atomic E-state index is 0.398. The van der Waals surface area contributed by atoms with Crippen LogP contribution < -0.4 is 5.32 Å². The molecule has 0 aliphatic heterocycles. The lowest BCUT2D eigenvalue weighted by Crippen LogP contribution is -2.25. The summed E-state index contributed by atoms with van der Waals surface area (Å²) in [6.07, 6.45) is 0.358. The van der Waals surface area contributed by atoms with E-state index < -0.39 is 14.2 Å². The summed E-state index contributed by atoms with van der Waals surface area (Å²) in [5.41, 5.74) is 5.58. The van der Waals surface area contributed by atoms with Crippen molar-refractivity contribution in [3.8, 4) is 11.5 Å². The van der Waals surface area contributed by atoms with Crippen LogP contribution in [0.3, 0.4) is 0 Å². The van der Waals surface area contributed by atoms with E-state index in [1.165, 1.54) is 7.11 Å². The molecule has 102 valence electrons. The van der Waals surface area contributed by atoms with E-state index in [9.17, 15) is 4.79 Å². The van der Waals surface area contributed by atoms with Gasteiger partial charge in [0.15, 0.2) is 0 Å². The van der Waals surface area contributed by atoms with Crippen molar-refractivity contribution in [2.45, 2.75) is 26.1 Å². The van der Waals surface area contributed by atoms with E-state index in [1.54, 1.807) is 0 Å². The highest BCUT2D eigenvalue weighted by molar-refractivity contribution is 6.83. The molecule has 0 heterocycles. The summed E-state index contributed by atoms with van der Waals surface area (Å²) in [5.74, 6) is 3.27. The van der Waals surface area contributed by atoms with Gasteiger partial charge in [0, 0.05) is 12.1 Å². The van der Waals surface area contributed by atoms with Crippen molar-refractivity contribution >= 4 is 14.2 Å². The fraction of sp³-hybridized carbons (Fsp3) is 0.400. The van der Waals surface area contributed by atoms with Gasteiger partial charge in [-0.2, -0.15) is 0 Å². The van der Waals surface area contributed by atoms with Crippen LogP contribution >= 0.6 is 0 Å². The zero-order valence-electron chi connectivity index (χ0n) is 12.0. The number of carbonyl (C=O) groups is 1. The standard InChI is InChI=1S/C15H21NO2Si/c1-18-15(17)16-11-9-13-7-5-6-8-14(13)10-12-19(2,3)4/h5-8H,9,11H2,1-4H3,(H,16,17). The topological polar surface area (TPSA) is 38.3 Å². The predicted octanol–water partition coefficient (Wildman–Crippen LogP) is 2.81. The number of rotatable bonds is 3. The van der Waals surface area contributed by atoms with Crippen molar-refractivity contribution < 1.29 is 9.53 Å². The zero-order chi connectivity index (χ0) is 14.3. The first-order valence-corrected chi connectivity index (χ1v) is 9.85. The summed E-state index contributed by atoms with van der Waals surface area (Å²) in [7, 11) is -0.00491. The molecule has 0 bridgehead atoms. The summed E-state index contributed by atoms with van der Waals surface area (Å²) >= 11 is 0. The molecule has 0 unspecified atom stereocenters. The molecule has 1 N–H and O–H groups in total. The Morgan fingerprint density at radius 2 is 2.00 bits per heavy atom. The first-order valence-electron chi connectivity index (χ1n) is 6.35. The number of hydrogen-bond donors (Lipinski definition) is 1. The smallest absolute Gasteiger partial charge is 0.406 e. The number of hydrogen-bond acceptors (Lipinski definition) is 2. The lowest BCUT2D eigenvalue weighted by atomic mass is 10.1. The summed E-state index contributed by atoms with van der Waals surface area (Å²) in [4.78, 5) is 11.0. The van der Waals surface area contributed by atoms with Crippen molar-refractivity contribution in [2.24, 2.45) is 0 Å². The van der Waals surface area contributed by atoms with Gasteiger partial charge in [0.25, 0.3) is 0 Å². The molecule has 19 heavy (non-hydrogen) atoms. The molecule has 1 rings (SSSR count). The van der Waals surface area contributed by atoms with Crippen molar-refractivity contribution in [1.82, 2.24) is 5.32 Å². The Balaban J connectivity index is 2.73. The van der Waals surface area contributed by atoms with E-state index in [0.717, 1.165) is 17.5 Å². The van der Waals surface area contributed by atoms with Gasteiger partial charge in [-0.15, -0.1) is 5.54 Å². The molecule has 3 nitrogen and oxygen atoms in total. The number of amides is 1. The molecule has 0 saturated carbocycles. The van der Waals surface area contributed by atoms with Gasteiger partial charge in [-0.25, -0.2) is 4.79 Å². The summed E-state index contributed by atoms with van der Waals surface area (Å²) in [5, 5.41) is 2.68. The fourth-order valence-corrected chi connectivity index (χ4v) is 2.00. The first kappa shape index (κ1) is 15.3. The monoisotopic (exact) mass is 275 g/mol. The third-order valence-corrected chi connectivity index (χ3v) is 3.31. The molecule has 0 fully saturated rings. The Morgan fingerprint density at radius 1 is 1.32 bits per heavy atom. The highest BCUT2D eigenvalue weighted by Crippen LogP contribution is 2.08. The molecule has 0 radical (unpaired) electrons. The Bertz CT molecular complexity index is 495. The van der Waals surface area contributed by atoms with E-state index in [2.05, 4.69) is 41.2 Å². The maximum Gasteiger partial charge on any atom is 0.406 e. The molecule has 1 amide bonds. The van der Waals surface area contributed by atoms with Crippen LogP contribution in [-0.2, 0) is 11.2 Å². The normalized spacial score (nSPS) is 10.3. The maximum atomic E-state index is 11.0. The van der Waals surface area contributed by atoms with Crippen LogP contribution in [0.25, 0.3) is 0 Å². The number of ether oxygens (including phenoxy) is 1. The van der Waals surface area contributed by atoms with Gasteiger partial charge in [0.2, 0.25) is 0 Å². The van der Waals surface area contributed by atoms with E-state index >= 15 is 0 Å². The molecule has 0 aliphatic rings. The quantitative estimate of drug-likeness (QED) is 0.680. The lowest BCUT2D eigenvalue weighted by molar-refractivity contribution is 0.171. The molecule has 0 aliphatic carbocycles. The summed E-state index contributed by atoms with van der Waals surface area (Å²) in [6, 6.07) is 8.06. The van der Waals surface area contributed by atoms with E-state index in [-0.39, 0.29) is 0 Å². The average Bonchev–Trinajstić information content (AvgIpc) is 2.36. The fourth-order valence-electron chi connectivity index (χ4n) is 1.49. The van der Waals surface area contributed by atoms with Gasteiger partial charge in [-0.1, -0.05) is 43.8 Å². The second-order valence-electron chi connectivity index (χ2n) is 5.33. The summed E-state index contributed by atoms with van der Waals surface area (Å²) < 4.78 is 4.54. The minimum atomic E-state index is -1.37. The van der Waals surface area contributed by atoms with Crippen molar-refractivity contribution in [2.75, 3.05) is 13.7 Å². The number of nitrogens with one attached hydrogen (secondary N) is 1.